The number of rotatable bonds is 5. The summed E-state index contributed by atoms with van der Waals surface area (Å²) in [5, 5.41) is 2.17. The molecule has 0 spiro atoms. The van der Waals surface area contributed by atoms with Crippen LogP contribution in [0, 0.1) is 0 Å². The molecule has 4 N–H and O–H groups in total. The van der Waals surface area contributed by atoms with Crippen LogP contribution < -0.4 is 15.2 Å². The molecule has 2 aromatic carbocycles. The Labute approximate surface area is 137 Å². The third kappa shape index (κ3) is 4.09. The standard InChI is InChI=1S/C17H23N3O2S/c18-16-10-3-4-11-17(16)20-23(21,22)19-12-14-8-5-7-13-6-1-2-9-15(13)14/h1-2,5-9,16-17,19-20H,3-4,10-12,18H2/t16-,17-/m1/s1. The first kappa shape index (κ1) is 16.4. The van der Waals surface area contributed by atoms with Crippen molar-refractivity contribution in [3.63, 3.8) is 0 Å². The van der Waals surface area contributed by atoms with E-state index in [-0.39, 0.29) is 18.6 Å². The molecule has 0 amide bonds. The molecule has 0 saturated heterocycles. The van der Waals surface area contributed by atoms with Crippen molar-refractivity contribution in [3.8, 4) is 0 Å². The first-order chi connectivity index (χ1) is 11.1. The second-order valence-electron chi connectivity index (χ2n) is 6.14. The van der Waals surface area contributed by atoms with E-state index in [9.17, 15) is 8.42 Å². The molecule has 0 aliphatic heterocycles. The zero-order valence-electron chi connectivity index (χ0n) is 13.0. The predicted octanol–water partition coefficient (Wildman–Crippen LogP) is 2.03. The summed E-state index contributed by atoms with van der Waals surface area (Å²) in [6, 6.07) is 13.6. The van der Waals surface area contributed by atoms with E-state index in [4.69, 9.17) is 5.73 Å². The van der Waals surface area contributed by atoms with Gasteiger partial charge in [-0.05, 0) is 29.2 Å². The largest absolute Gasteiger partial charge is 0.326 e. The number of hydrogen-bond acceptors (Lipinski definition) is 3. The van der Waals surface area contributed by atoms with E-state index >= 15 is 0 Å². The minimum atomic E-state index is -3.56. The van der Waals surface area contributed by atoms with E-state index in [0.717, 1.165) is 42.0 Å². The average Bonchev–Trinajstić information content (AvgIpc) is 2.55. The summed E-state index contributed by atoms with van der Waals surface area (Å²) in [5.74, 6) is 0. The minimum Gasteiger partial charge on any atom is -0.326 e. The quantitative estimate of drug-likeness (QED) is 0.783. The average molecular weight is 333 g/mol. The molecule has 0 bridgehead atoms. The van der Waals surface area contributed by atoms with Gasteiger partial charge in [0.25, 0.3) is 10.2 Å². The Morgan fingerprint density at radius 3 is 2.61 bits per heavy atom. The Morgan fingerprint density at radius 2 is 1.78 bits per heavy atom. The van der Waals surface area contributed by atoms with Crippen LogP contribution in [0.1, 0.15) is 31.2 Å². The van der Waals surface area contributed by atoms with Crippen molar-refractivity contribution < 1.29 is 8.42 Å². The lowest BCUT2D eigenvalue weighted by atomic mass is 9.92. The highest BCUT2D eigenvalue weighted by molar-refractivity contribution is 7.87. The summed E-state index contributed by atoms with van der Waals surface area (Å²) in [7, 11) is -3.56. The summed E-state index contributed by atoms with van der Waals surface area (Å²) >= 11 is 0. The fourth-order valence-corrected chi connectivity index (χ4v) is 4.29. The van der Waals surface area contributed by atoms with E-state index in [0.29, 0.717) is 0 Å². The highest BCUT2D eigenvalue weighted by Gasteiger charge is 2.25. The van der Waals surface area contributed by atoms with Gasteiger partial charge in [0.05, 0.1) is 0 Å². The molecule has 0 aromatic heterocycles. The molecule has 1 aliphatic carbocycles. The van der Waals surface area contributed by atoms with E-state index in [2.05, 4.69) is 9.44 Å². The second-order valence-corrected chi connectivity index (χ2v) is 7.67. The highest BCUT2D eigenvalue weighted by Crippen LogP contribution is 2.19. The van der Waals surface area contributed by atoms with Crippen LogP contribution in [0.2, 0.25) is 0 Å². The van der Waals surface area contributed by atoms with Crippen LogP contribution in [-0.2, 0) is 16.8 Å². The van der Waals surface area contributed by atoms with Crippen LogP contribution in [-0.4, -0.2) is 20.5 Å². The SMILES string of the molecule is N[C@@H]1CCCC[C@H]1NS(=O)(=O)NCc1cccc2ccccc12. The molecular formula is C17H23N3O2S. The Morgan fingerprint density at radius 1 is 1.04 bits per heavy atom. The molecule has 6 heteroatoms. The molecule has 2 atom stereocenters. The summed E-state index contributed by atoms with van der Waals surface area (Å²) in [6.07, 6.45) is 3.76. The van der Waals surface area contributed by atoms with Crippen LogP contribution in [0.15, 0.2) is 42.5 Å². The molecule has 0 heterocycles. The molecule has 5 nitrogen and oxygen atoms in total. The third-order valence-electron chi connectivity index (χ3n) is 4.46. The predicted molar refractivity (Wildman–Crippen MR) is 93.1 cm³/mol. The van der Waals surface area contributed by atoms with Crippen molar-refractivity contribution in [2.45, 2.75) is 44.3 Å². The van der Waals surface area contributed by atoms with E-state index in [1.165, 1.54) is 0 Å². The number of nitrogens with two attached hydrogens (primary N) is 1. The molecule has 23 heavy (non-hydrogen) atoms. The second kappa shape index (κ2) is 6.97. The zero-order valence-corrected chi connectivity index (χ0v) is 13.9. The maximum atomic E-state index is 12.3. The lowest BCUT2D eigenvalue weighted by Gasteiger charge is -2.29. The Kier molecular flexibility index (Phi) is 4.96. The highest BCUT2D eigenvalue weighted by atomic mass is 32.2. The minimum absolute atomic E-state index is 0.0992. The molecule has 124 valence electrons. The van der Waals surface area contributed by atoms with Crippen LogP contribution in [0.25, 0.3) is 10.8 Å². The molecule has 2 aromatic rings. The Hall–Kier alpha value is -1.47. The van der Waals surface area contributed by atoms with Gasteiger partial charge in [0.15, 0.2) is 0 Å². The van der Waals surface area contributed by atoms with Crippen LogP contribution in [0.3, 0.4) is 0 Å². The fraction of sp³-hybridized carbons (Fsp3) is 0.412. The van der Waals surface area contributed by atoms with E-state index < -0.39 is 10.2 Å². The summed E-state index contributed by atoms with van der Waals surface area (Å²) in [5.41, 5.74) is 6.97. The summed E-state index contributed by atoms with van der Waals surface area (Å²) < 4.78 is 29.9. The normalized spacial score (nSPS) is 22.3. The number of fused-ring (bicyclic) bond motifs is 1. The number of hydrogen-bond donors (Lipinski definition) is 3. The summed E-state index contributed by atoms with van der Waals surface area (Å²) in [6.45, 7) is 0.263. The van der Waals surface area contributed by atoms with Crippen molar-refractivity contribution in [1.82, 2.24) is 9.44 Å². The van der Waals surface area contributed by atoms with Gasteiger partial charge in [-0.2, -0.15) is 17.9 Å². The van der Waals surface area contributed by atoms with Crippen molar-refractivity contribution >= 4 is 21.0 Å². The topological polar surface area (TPSA) is 84.2 Å². The Bertz CT molecular complexity index is 771. The van der Waals surface area contributed by atoms with Gasteiger partial charge in [-0.15, -0.1) is 0 Å². The molecule has 1 saturated carbocycles. The summed E-state index contributed by atoms with van der Waals surface area (Å²) in [4.78, 5) is 0. The zero-order chi connectivity index (χ0) is 16.3. The maximum absolute atomic E-state index is 12.3. The van der Waals surface area contributed by atoms with Crippen molar-refractivity contribution in [2.24, 2.45) is 5.73 Å². The van der Waals surface area contributed by atoms with E-state index in [1.807, 2.05) is 42.5 Å². The Balaban J connectivity index is 1.68. The number of nitrogens with one attached hydrogen (secondary N) is 2. The van der Waals surface area contributed by atoms with Gasteiger partial charge in [0, 0.05) is 18.6 Å². The number of benzene rings is 2. The molecule has 1 fully saturated rings. The van der Waals surface area contributed by atoms with Gasteiger partial charge in [-0.3, -0.25) is 0 Å². The first-order valence-electron chi connectivity index (χ1n) is 8.04. The maximum Gasteiger partial charge on any atom is 0.277 e. The van der Waals surface area contributed by atoms with Gasteiger partial charge in [0.2, 0.25) is 0 Å². The smallest absolute Gasteiger partial charge is 0.277 e. The molecular weight excluding hydrogens is 310 g/mol. The van der Waals surface area contributed by atoms with Crippen LogP contribution in [0.5, 0.6) is 0 Å². The molecule has 3 rings (SSSR count). The third-order valence-corrected chi connectivity index (χ3v) is 5.60. The monoisotopic (exact) mass is 333 g/mol. The van der Waals surface area contributed by atoms with Gasteiger partial charge < -0.3 is 5.73 Å². The van der Waals surface area contributed by atoms with Crippen molar-refractivity contribution in [1.29, 1.82) is 0 Å². The van der Waals surface area contributed by atoms with Crippen LogP contribution >= 0.6 is 0 Å². The van der Waals surface area contributed by atoms with Gasteiger partial charge in [-0.1, -0.05) is 55.3 Å². The lowest BCUT2D eigenvalue weighted by molar-refractivity contribution is 0.359. The van der Waals surface area contributed by atoms with Crippen LogP contribution in [0.4, 0.5) is 0 Å². The van der Waals surface area contributed by atoms with Gasteiger partial charge >= 0.3 is 0 Å². The molecule has 1 aliphatic rings. The lowest BCUT2D eigenvalue weighted by Crippen LogP contribution is -2.52. The first-order valence-corrected chi connectivity index (χ1v) is 9.53. The molecule has 0 unspecified atom stereocenters. The van der Waals surface area contributed by atoms with Crippen molar-refractivity contribution in [3.05, 3.63) is 48.0 Å². The van der Waals surface area contributed by atoms with Gasteiger partial charge in [0.1, 0.15) is 0 Å². The molecule has 0 radical (unpaired) electrons. The fourth-order valence-electron chi connectivity index (χ4n) is 3.17. The van der Waals surface area contributed by atoms with E-state index in [1.54, 1.807) is 0 Å². The van der Waals surface area contributed by atoms with Gasteiger partial charge in [-0.25, -0.2) is 0 Å². The van der Waals surface area contributed by atoms with Crippen molar-refractivity contribution in [2.75, 3.05) is 0 Å².